The molecule has 0 aliphatic carbocycles. The molecule has 132 valence electrons. The van der Waals surface area contributed by atoms with Gasteiger partial charge in [-0.25, -0.2) is 0 Å². The third kappa shape index (κ3) is 3.32. The molecule has 0 spiro atoms. The van der Waals surface area contributed by atoms with Crippen molar-refractivity contribution in [2.45, 2.75) is 56.9 Å². The van der Waals surface area contributed by atoms with Crippen LogP contribution in [0.2, 0.25) is 0 Å². The Bertz CT molecular complexity index is 578. The summed E-state index contributed by atoms with van der Waals surface area (Å²) in [5.41, 5.74) is 1.10. The van der Waals surface area contributed by atoms with Gasteiger partial charge in [-0.3, -0.25) is 9.69 Å². The van der Waals surface area contributed by atoms with Gasteiger partial charge in [0.2, 0.25) is 5.91 Å². The lowest BCUT2D eigenvalue weighted by Gasteiger charge is -2.44. The Kier molecular flexibility index (Phi) is 4.92. The van der Waals surface area contributed by atoms with Crippen LogP contribution >= 0.6 is 0 Å². The predicted molar refractivity (Wildman–Crippen MR) is 89.2 cm³/mol. The van der Waals surface area contributed by atoms with Crippen LogP contribution in [0.5, 0.6) is 0 Å². The second kappa shape index (κ2) is 6.80. The van der Waals surface area contributed by atoms with Crippen LogP contribution in [0.1, 0.15) is 25.8 Å². The van der Waals surface area contributed by atoms with Crippen molar-refractivity contribution in [3.8, 4) is 0 Å². The van der Waals surface area contributed by atoms with Gasteiger partial charge < -0.3 is 19.9 Å². The van der Waals surface area contributed by atoms with E-state index in [1.165, 1.54) is 0 Å². The molecule has 4 atom stereocenters. The zero-order chi connectivity index (χ0) is 17.3. The zero-order valence-electron chi connectivity index (χ0n) is 14.4. The first-order chi connectivity index (χ1) is 11.4. The summed E-state index contributed by atoms with van der Waals surface area (Å²) in [6.45, 7) is 4.29. The Morgan fingerprint density at radius 3 is 2.67 bits per heavy atom. The van der Waals surface area contributed by atoms with Crippen molar-refractivity contribution in [2.24, 2.45) is 0 Å². The molecule has 2 N–H and O–H groups in total. The van der Waals surface area contributed by atoms with E-state index in [0.717, 1.165) is 5.56 Å². The van der Waals surface area contributed by atoms with Gasteiger partial charge in [-0.05, 0) is 25.8 Å². The van der Waals surface area contributed by atoms with Crippen molar-refractivity contribution in [2.75, 3.05) is 13.7 Å². The molecule has 2 fully saturated rings. The smallest absolute Gasteiger partial charge is 0.239 e. The van der Waals surface area contributed by atoms with E-state index >= 15 is 0 Å². The van der Waals surface area contributed by atoms with Crippen molar-refractivity contribution >= 4 is 5.91 Å². The molecule has 0 bridgehead atoms. The number of aliphatic hydroxyl groups excluding tert-OH is 1. The van der Waals surface area contributed by atoms with Gasteiger partial charge in [0.15, 0.2) is 5.79 Å². The Balaban J connectivity index is 1.92. The minimum Gasteiger partial charge on any atom is -0.395 e. The fourth-order valence-electron chi connectivity index (χ4n) is 3.78. The number of rotatable bonds is 4. The van der Waals surface area contributed by atoms with Crippen molar-refractivity contribution in [1.29, 1.82) is 0 Å². The van der Waals surface area contributed by atoms with E-state index in [2.05, 4.69) is 5.32 Å². The zero-order valence-corrected chi connectivity index (χ0v) is 14.4. The van der Waals surface area contributed by atoms with Crippen LogP contribution in [-0.4, -0.2) is 59.6 Å². The van der Waals surface area contributed by atoms with Gasteiger partial charge in [0.1, 0.15) is 12.1 Å². The molecule has 2 heterocycles. The first-order valence-corrected chi connectivity index (χ1v) is 8.43. The highest BCUT2D eigenvalue weighted by molar-refractivity contribution is 5.82. The second-order valence-corrected chi connectivity index (χ2v) is 6.93. The summed E-state index contributed by atoms with van der Waals surface area (Å²) < 4.78 is 12.0. The highest BCUT2D eigenvalue weighted by atomic mass is 16.8. The molecule has 2 aliphatic rings. The number of ether oxygens (including phenoxy) is 2. The molecule has 3 rings (SSSR count). The summed E-state index contributed by atoms with van der Waals surface area (Å²) in [6.07, 6.45) is 0.114. The summed E-state index contributed by atoms with van der Waals surface area (Å²) in [7, 11) is 1.63. The molecule has 1 aromatic carbocycles. The Morgan fingerprint density at radius 2 is 2.04 bits per heavy atom. The van der Waals surface area contributed by atoms with Gasteiger partial charge in [-0.15, -0.1) is 0 Å². The predicted octanol–water partition coefficient (Wildman–Crippen LogP) is 0.888. The van der Waals surface area contributed by atoms with Crippen molar-refractivity contribution < 1.29 is 19.4 Å². The summed E-state index contributed by atoms with van der Waals surface area (Å²) in [4.78, 5) is 14.7. The molecule has 2 saturated heterocycles. The molecule has 0 saturated carbocycles. The van der Waals surface area contributed by atoms with Crippen LogP contribution in [0.15, 0.2) is 30.3 Å². The maximum Gasteiger partial charge on any atom is 0.239 e. The van der Waals surface area contributed by atoms with E-state index in [9.17, 15) is 9.90 Å². The van der Waals surface area contributed by atoms with Gasteiger partial charge in [-0.2, -0.15) is 0 Å². The Labute approximate surface area is 142 Å². The third-order valence-corrected chi connectivity index (χ3v) is 4.80. The van der Waals surface area contributed by atoms with Crippen LogP contribution in [0.4, 0.5) is 0 Å². The number of piperidine rings is 1. The standard InChI is InChI=1S/C18H26N2O4/c1-18(2)23-14-9-13(11-21)20(10-12-7-5-4-6-8-12)15(16(14)24-18)17(22)19-3/h4-8,13-16,21H,9-11H2,1-3H3,(H,19,22)/t13-,14-,15-,16-/m0/s1. The van der Waals surface area contributed by atoms with Crippen molar-refractivity contribution in [3.05, 3.63) is 35.9 Å². The summed E-state index contributed by atoms with van der Waals surface area (Å²) in [5, 5.41) is 12.6. The topological polar surface area (TPSA) is 71.0 Å². The van der Waals surface area contributed by atoms with Crippen LogP contribution in [0.25, 0.3) is 0 Å². The first kappa shape index (κ1) is 17.4. The van der Waals surface area contributed by atoms with Gasteiger partial charge in [0, 0.05) is 19.6 Å². The van der Waals surface area contributed by atoms with E-state index in [1.807, 2.05) is 49.1 Å². The lowest BCUT2D eigenvalue weighted by molar-refractivity contribution is -0.154. The maximum atomic E-state index is 12.6. The maximum absolute atomic E-state index is 12.6. The number of hydrogen-bond acceptors (Lipinski definition) is 5. The summed E-state index contributed by atoms with van der Waals surface area (Å²) >= 11 is 0. The summed E-state index contributed by atoms with van der Waals surface area (Å²) in [5.74, 6) is -0.829. The molecule has 1 amide bonds. The van der Waals surface area contributed by atoms with Crippen molar-refractivity contribution in [3.63, 3.8) is 0 Å². The van der Waals surface area contributed by atoms with Gasteiger partial charge in [-0.1, -0.05) is 30.3 Å². The van der Waals surface area contributed by atoms with Crippen molar-refractivity contribution in [1.82, 2.24) is 10.2 Å². The number of hydrogen-bond donors (Lipinski definition) is 2. The van der Waals surface area contributed by atoms with Crippen LogP contribution in [0, 0.1) is 0 Å². The van der Waals surface area contributed by atoms with Crippen LogP contribution in [-0.2, 0) is 20.8 Å². The molecule has 2 aliphatic heterocycles. The summed E-state index contributed by atoms with van der Waals surface area (Å²) in [6, 6.07) is 9.33. The second-order valence-electron chi connectivity index (χ2n) is 6.93. The number of benzene rings is 1. The minimum absolute atomic E-state index is 0.0205. The van der Waals surface area contributed by atoms with E-state index in [-0.39, 0.29) is 30.8 Å². The Morgan fingerprint density at radius 1 is 1.33 bits per heavy atom. The lowest BCUT2D eigenvalue weighted by Crippen LogP contribution is -2.63. The number of carbonyl (C=O) groups excluding carboxylic acids is 1. The molecule has 1 aromatic rings. The van der Waals surface area contributed by atoms with Gasteiger partial charge >= 0.3 is 0 Å². The molecule has 24 heavy (non-hydrogen) atoms. The highest BCUT2D eigenvalue weighted by Gasteiger charge is 2.54. The molecule has 6 nitrogen and oxygen atoms in total. The van der Waals surface area contributed by atoms with E-state index in [0.29, 0.717) is 13.0 Å². The number of nitrogens with zero attached hydrogens (tertiary/aromatic N) is 1. The van der Waals surface area contributed by atoms with Gasteiger partial charge in [0.05, 0.1) is 12.7 Å². The molecule has 0 unspecified atom stereocenters. The van der Waals surface area contributed by atoms with E-state index in [4.69, 9.17) is 9.47 Å². The minimum atomic E-state index is -0.718. The van der Waals surface area contributed by atoms with Crippen LogP contribution in [0.3, 0.4) is 0 Å². The quantitative estimate of drug-likeness (QED) is 0.856. The van der Waals surface area contributed by atoms with Gasteiger partial charge in [0.25, 0.3) is 0 Å². The average molecular weight is 334 g/mol. The number of aliphatic hydroxyl groups is 1. The molecular weight excluding hydrogens is 308 g/mol. The number of nitrogens with one attached hydrogen (secondary N) is 1. The first-order valence-electron chi connectivity index (χ1n) is 8.43. The average Bonchev–Trinajstić information content (AvgIpc) is 2.88. The molecule has 0 aromatic heterocycles. The Hall–Kier alpha value is -1.47. The van der Waals surface area contributed by atoms with E-state index < -0.39 is 11.8 Å². The normalized spacial score (nSPS) is 32.3. The van der Waals surface area contributed by atoms with Crippen LogP contribution < -0.4 is 5.32 Å². The monoisotopic (exact) mass is 334 g/mol. The number of carbonyl (C=O) groups is 1. The number of likely N-dealkylation sites (tertiary alicyclic amines) is 1. The lowest BCUT2D eigenvalue weighted by atomic mass is 9.89. The number of likely N-dealkylation sites (N-methyl/N-ethyl adjacent to an activating group) is 1. The van der Waals surface area contributed by atoms with E-state index in [1.54, 1.807) is 7.05 Å². The third-order valence-electron chi connectivity index (χ3n) is 4.80. The fraction of sp³-hybridized carbons (Fsp3) is 0.611. The number of amides is 1. The molecular formula is C18H26N2O4. The number of fused-ring (bicyclic) bond motifs is 1. The molecule has 0 radical (unpaired) electrons. The SMILES string of the molecule is CNC(=O)[C@@H]1[C@H]2OC(C)(C)O[C@H]2C[C@@H](CO)N1Cc1ccccc1. The largest absolute Gasteiger partial charge is 0.395 e. The molecule has 6 heteroatoms. The fourth-order valence-corrected chi connectivity index (χ4v) is 3.78. The highest BCUT2D eigenvalue weighted by Crippen LogP contribution is 2.39.